The molecule has 17 N–H and O–H groups in total. The van der Waals surface area contributed by atoms with Crippen molar-refractivity contribution in [1.82, 2.24) is 41.9 Å². The summed E-state index contributed by atoms with van der Waals surface area (Å²) in [6, 6.07) is 7.25. The molecule has 0 spiro atoms. The largest absolute Gasteiger partial charge is 0.481 e. The predicted octanol–water partition coefficient (Wildman–Crippen LogP) is -2.42. The van der Waals surface area contributed by atoms with E-state index in [1.54, 1.807) is 72.9 Å². The van der Waals surface area contributed by atoms with Crippen molar-refractivity contribution in [2.75, 3.05) is 19.8 Å². The minimum Gasteiger partial charge on any atom is -0.481 e. The van der Waals surface area contributed by atoms with Crippen LogP contribution in [0.5, 0.6) is 5.75 Å². The van der Waals surface area contributed by atoms with Gasteiger partial charge in [-0.2, -0.15) is 0 Å². The number of hydrogen-bond acceptors (Lipinski definition) is 13. The first-order valence-electron chi connectivity index (χ1n) is 22.5. The van der Waals surface area contributed by atoms with Gasteiger partial charge >= 0.3 is 5.97 Å². The maximum atomic E-state index is 14.8. The van der Waals surface area contributed by atoms with Gasteiger partial charge in [0.1, 0.15) is 42.0 Å². The van der Waals surface area contributed by atoms with Gasteiger partial charge in [0.05, 0.1) is 31.2 Å². The Hall–Kier alpha value is -7.86. The number of fused-ring (bicyclic) bond motifs is 3. The van der Waals surface area contributed by atoms with Crippen molar-refractivity contribution in [3.05, 3.63) is 101 Å². The van der Waals surface area contributed by atoms with E-state index in [0.29, 0.717) is 44.9 Å². The number of para-hydroxylation sites is 1. The lowest BCUT2D eigenvalue weighted by atomic mass is 9.85. The summed E-state index contributed by atoms with van der Waals surface area (Å²) >= 11 is 0. The van der Waals surface area contributed by atoms with Crippen LogP contribution in [-0.2, 0) is 51.2 Å². The van der Waals surface area contributed by atoms with Crippen molar-refractivity contribution in [1.29, 1.82) is 0 Å². The van der Waals surface area contributed by atoms with Gasteiger partial charge in [-0.3, -0.25) is 33.6 Å². The van der Waals surface area contributed by atoms with Crippen molar-refractivity contribution < 1.29 is 58.4 Å². The number of carbonyl (C=O) groups is 8. The van der Waals surface area contributed by atoms with Gasteiger partial charge < -0.3 is 79.1 Å². The summed E-state index contributed by atoms with van der Waals surface area (Å²) in [4.78, 5) is 116. The summed E-state index contributed by atoms with van der Waals surface area (Å²) in [7, 11) is 0. The second-order valence-corrected chi connectivity index (χ2v) is 17.2. The molecule has 23 heteroatoms. The molecule has 7 rings (SSSR count). The Labute approximate surface area is 399 Å². The molecule has 70 heavy (non-hydrogen) atoms. The minimum absolute atomic E-state index is 0.00261. The smallest absolute Gasteiger partial charge is 0.326 e. The third kappa shape index (κ3) is 11.2. The molecule has 2 aliphatic heterocycles. The summed E-state index contributed by atoms with van der Waals surface area (Å²) in [6.07, 6.45) is 1.27. The molecule has 2 aromatic heterocycles. The summed E-state index contributed by atoms with van der Waals surface area (Å²) in [5.74, 6) is -9.25. The molecule has 370 valence electrons. The first-order valence-corrected chi connectivity index (χ1v) is 22.5. The Morgan fingerprint density at radius 3 is 2.24 bits per heavy atom. The fourth-order valence-electron chi connectivity index (χ4n) is 8.78. The number of aliphatic hydroxyl groups is 2. The molecule has 0 radical (unpaired) electrons. The number of H-pyrrole nitrogens is 2. The molecule has 9 atom stereocenters. The lowest BCUT2D eigenvalue weighted by Gasteiger charge is -2.31. The molecule has 2 aliphatic rings. The van der Waals surface area contributed by atoms with Crippen LogP contribution < -0.4 is 53.8 Å². The number of carboxylic acids is 1. The van der Waals surface area contributed by atoms with Gasteiger partial charge in [-0.05, 0) is 60.7 Å². The van der Waals surface area contributed by atoms with Gasteiger partial charge in [-0.15, -0.1) is 0 Å². The quantitative estimate of drug-likeness (QED) is 0.0551. The monoisotopic (exact) mass is 965 g/mol. The number of carbonyl (C=O) groups excluding carboxylic acids is 7. The molecular formula is C47H55N11O12. The van der Waals surface area contributed by atoms with E-state index in [4.69, 9.17) is 21.9 Å². The van der Waals surface area contributed by atoms with Crippen LogP contribution in [0.3, 0.4) is 0 Å². The predicted molar refractivity (Wildman–Crippen MR) is 250 cm³/mol. The second kappa shape index (κ2) is 22.1. The van der Waals surface area contributed by atoms with Gasteiger partial charge in [0.25, 0.3) is 0 Å². The second-order valence-electron chi connectivity index (χ2n) is 17.2. The van der Waals surface area contributed by atoms with Gasteiger partial charge in [-0.1, -0.05) is 48.5 Å². The third-order valence-electron chi connectivity index (χ3n) is 12.4. The minimum atomic E-state index is -1.83. The molecular weight excluding hydrogens is 911 g/mol. The first-order chi connectivity index (χ1) is 33.6. The summed E-state index contributed by atoms with van der Waals surface area (Å²) in [5, 5.41) is 47.0. The van der Waals surface area contributed by atoms with Gasteiger partial charge in [0, 0.05) is 46.6 Å². The molecule has 7 amide bonds. The Kier molecular flexibility index (Phi) is 15.8. The number of amides is 7. The number of benzene rings is 3. The van der Waals surface area contributed by atoms with Crippen LogP contribution in [0.15, 0.2) is 79.1 Å². The molecule has 0 saturated carbocycles. The van der Waals surface area contributed by atoms with Crippen molar-refractivity contribution in [3.8, 4) is 5.75 Å². The number of rotatable bonds is 14. The molecule has 0 fully saturated rings. The molecule has 0 aliphatic carbocycles. The lowest BCUT2D eigenvalue weighted by Crippen LogP contribution is -2.62. The Morgan fingerprint density at radius 2 is 1.54 bits per heavy atom. The van der Waals surface area contributed by atoms with Crippen LogP contribution >= 0.6 is 0 Å². The highest BCUT2D eigenvalue weighted by atomic mass is 16.5. The Balaban J connectivity index is 1.33. The van der Waals surface area contributed by atoms with Crippen molar-refractivity contribution in [3.63, 3.8) is 0 Å². The zero-order valence-electron chi connectivity index (χ0n) is 37.6. The topological polar surface area (TPSA) is 388 Å². The highest BCUT2D eigenvalue weighted by Gasteiger charge is 2.42. The zero-order valence-corrected chi connectivity index (χ0v) is 37.6. The average Bonchev–Trinajstić information content (AvgIpc) is 3.96. The highest BCUT2D eigenvalue weighted by Crippen LogP contribution is 2.37. The number of nitrogens with two attached hydrogens (primary N) is 3. The van der Waals surface area contributed by atoms with E-state index in [2.05, 4.69) is 41.9 Å². The van der Waals surface area contributed by atoms with E-state index in [-0.39, 0.29) is 37.1 Å². The van der Waals surface area contributed by atoms with E-state index in [1.807, 2.05) is 0 Å². The fourth-order valence-corrected chi connectivity index (χ4v) is 8.78. The highest BCUT2D eigenvalue weighted by molar-refractivity contribution is 6.00. The van der Waals surface area contributed by atoms with Gasteiger partial charge in [0.15, 0.2) is 6.10 Å². The molecule has 5 aromatic rings. The Morgan fingerprint density at radius 1 is 0.800 bits per heavy atom. The number of aliphatic carboxylic acids is 1. The van der Waals surface area contributed by atoms with E-state index < -0.39 is 121 Å². The number of aromatic nitrogens is 2. The average molecular weight is 966 g/mol. The third-order valence-corrected chi connectivity index (χ3v) is 12.4. The SMILES string of the molecule is NCCC[C@H]1c2ccc3[nH]cc(c3c2)[C@H]2Oc3cccc4c(c[nH]c34)C[C@H](N)C(=O)N[C@@H](CC(N)=O)C(=O)N[C@@H]2C(=O)N[C@@H](CO)C(=O)N[C@@H]1C(=O)N[C@@H](CO)C(=O)N[C@@H](Cc1ccccc1)C(=O)O. The number of aliphatic hydroxyl groups excluding tert-OH is 2. The molecule has 0 saturated heterocycles. The molecule has 6 bridgehead atoms. The van der Waals surface area contributed by atoms with E-state index in [9.17, 15) is 53.7 Å². The fraction of sp³-hybridized carbons (Fsp3) is 0.362. The molecule has 0 unspecified atom stereocenters. The summed E-state index contributed by atoms with van der Waals surface area (Å²) < 4.78 is 6.77. The summed E-state index contributed by atoms with van der Waals surface area (Å²) in [6.45, 7) is -1.91. The number of nitrogens with one attached hydrogen (secondary N) is 8. The van der Waals surface area contributed by atoms with Gasteiger partial charge in [0.2, 0.25) is 41.4 Å². The number of ether oxygens (including phenoxy) is 1. The zero-order chi connectivity index (χ0) is 50.2. The normalized spacial score (nSPS) is 22.8. The van der Waals surface area contributed by atoms with Crippen LogP contribution in [0.4, 0.5) is 0 Å². The molecule has 23 nitrogen and oxygen atoms in total. The number of carboxylic acid groups (broad SMARTS) is 1. The summed E-state index contributed by atoms with van der Waals surface area (Å²) in [5.41, 5.74) is 20.6. The van der Waals surface area contributed by atoms with Crippen LogP contribution in [-0.4, -0.2) is 135 Å². The van der Waals surface area contributed by atoms with Gasteiger partial charge in [-0.25, -0.2) is 4.79 Å². The van der Waals surface area contributed by atoms with Crippen molar-refractivity contribution >= 4 is 69.1 Å². The van der Waals surface area contributed by atoms with E-state index in [1.165, 1.54) is 6.20 Å². The van der Waals surface area contributed by atoms with E-state index in [0.717, 1.165) is 0 Å². The van der Waals surface area contributed by atoms with E-state index >= 15 is 0 Å². The Bertz CT molecular complexity index is 2780. The van der Waals surface area contributed by atoms with Crippen LogP contribution in [0, 0.1) is 0 Å². The molecule has 4 heterocycles. The number of aromatic amines is 2. The maximum absolute atomic E-state index is 14.8. The van der Waals surface area contributed by atoms with Crippen molar-refractivity contribution in [2.45, 2.75) is 86.4 Å². The van der Waals surface area contributed by atoms with Crippen LogP contribution in [0.2, 0.25) is 0 Å². The number of primary amides is 1. The van der Waals surface area contributed by atoms with Crippen LogP contribution in [0.1, 0.15) is 53.5 Å². The van der Waals surface area contributed by atoms with Crippen LogP contribution in [0.25, 0.3) is 21.8 Å². The lowest BCUT2D eigenvalue weighted by molar-refractivity contribution is -0.142. The standard InChI is InChI=1S/C47H55N11O12/c48-13-5-9-25-23-11-12-30-27(15-23)28(19-51-30)40-39(58-42(63)31(17-36(50)61)53-41(62)29(49)16-24-18-52-37-26(24)8-4-10-35(37)70-40)46(67)56-34(21-60)44(65)57-38(25)45(66)55-33(20-59)43(64)54-32(47(68)69)14-22-6-2-1-3-7-22/h1-4,6-8,10-12,15,18-19,25,29,31-34,38-40,51-52,59-60H,5,9,13-14,16-17,20-21,48-49H2,(H2,50,61)(H,53,62)(H,54,64)(H,55,66)(H,56,67)(H,57,65)(H,58,63)(H,68,69)/t25-,29-,31-,32-,33-,34-,38-,39-,40+/m0/s1. The molecule has 3 aromatic carbocycles. The number of hydrogen-bond donors (Lipinski definition) is 14. The maximum Gasteiger partial charge on any atom is 0.326 e. The van der Waals surface area contributed by atoms with Crippen molar-refractivity contribution in [2.24, 2.45) is 17.2 Å². The first kappa shape index (κ1) is 50.0.